The minimum absolute atomic E-state index is 0.323. The van der Waals surface area contributed by atoms with Gasteiger partial charge in [0, 0.05) is 10.0 Å². The van der Waals surface area contributed by atoms with E-state index in [-0.39, 0.29) is 11.9 Å². The number of nitrogens with two attached hydrogens (primary N) is 1. The predicted octanol–water partition coefficient (Wildman–Crippen LogP) is 3.01. The van der Waals surface area contributed by atoms with Gasteiger partial charge in [0.05, 0.1) is 12.6 Å². The molecule has 0 unspecified atom stereocenters. The van der Waals surface area contributed by atoms with Crippen molar-refractivity contribution in [1.82, 2.24) is 4.90 Å². The fourth-order valence-electron chi connectivity index (χ4n) is 1.83. The quantitative estimate of drug-likeness (QED) is 0.912. The molecule has 0 saturated heterocycles. The standard InChI is InChI=1S/C15H17BrN2O2/c1-10(15(17)19)18(2)9-13-7-8-14(20-13)11-3-5-12(16)6-4-11/h3-8,10H,9H2,1-2H3,(H2,17,19)/t10-/m1/s1. The predicted molar refractivity (Wildman–Crippen MR) is 82.0 cm³/mol. The van der Waals surface area contributed by atoms with Crippen LogP contribution in [0.5, 0.6) is 0 Å². The molecule has 1 aromatic carbocycles. The molecule has 2 rings (SSSR count). The van der Waals surface area contributed by atoms with Crippen molar-refractivity contribution >= 4 is 21.8 Å². The summed E-state index contributed by atoms with van der Waals surface area (Å²) < 4.78 is 6.83. The van der Waals surface area contributed by atoms with E-state index in [0.29, 0.717) is 6.54 Å². The average molecular weight is 337 g/mol. The average Bonchev–Trinajstić information content (AvgIpc) is 2.87. The highest BCUT2D eigenvalue weighted by atomic mass is 79.9. The van der Waals surface area contributed by atoms with Gasteiger partial charge in [-0.1, -0.05) is 28.1 Å². The largest absolute Gasteiger partial charge is 0.460 e. The Hall–Kier alpha value is -1.59. The fraction of sp³-hybridized carbons (Fsp3) is 0.267. The van der Waals surface area contributed by atoms with Gasteiger partial charge in [0.2, 0.25) is 5.91 Å². The van der Waals surface area contributed by atoms with E-state index in [1.54, 1.807) is 6.92 Å². The monoisotopic (exact) mass is 336 g/mol. The molecule has 0 aliphatic rings. The van der Waals surface area contributed by atoms with Crippen LogP contribution in [-0.2, 0) is 11.3 Å². The van der Waals surface area contributed by atoms with Crippen LogP contribution in [0, 0.1) is 0 Å². The first-order chi connectivity index (χ1) is 9.47. The molecule has 2 N–H and O–H groups in total. The Morgan fingerprint density at radius 1 is 1.30 bits per heavy atom. The normalized spacial score (nSPS) is 12.6. The molecular weight excluding hydrogens is 320 g/mol. The van der Waals surface area contributed by atoms with E-state index < -0.39 is 0 Å². The summed E-state index contributed by atoms with van der Waals surface area (Å²) in [4.78, 5) is 13.0. The van der Waals surface area contributed by atoms with Gasteiger partial charge in [0.25, 0.3) is 0 Å². The minimum atomic E-state index is -0.341. The topological polar surface area (TPSA) is 59.5 Å². The highest BCUT2D eigenvalue weighted by Crippen LogP contribution is 2.24. The van der Waals surface area contributed by atoms with Crippen LogP contribution in [0.25, 0.3) is 11.3 Å². The third-order valence-electron chi connectivity index (χ3n) is 3.27. The Bertz CT molecular complexity index is 592. The van der Waals surface area contributed by atoms with Crippen LogP contribution in [0.15, 0.2) is 45.3 Å². The maximum absolute atomic E-state index is 11.1. The van der Waals surface area contributed by atoms with Gasteiger partial charge < -0.3 is 10.2 Å². The van der Waals surface area contributed by atoms with Gasteiger partial charge in [-0.15, -0.1) is 0 Å². The first kappa shape index (κ1) is 14.8. The van der Waals surface area contributed by atoms with Crippen molar-refractivity contribution in [2.75, 3.05) is 7.05 Å². The molecule has 0 spiro atoms. The number of hydrogen-bond donors (Lipinski definition) is 1. The van der Waals surface area contributed by atoms with E-state index >= 15 is 0 Å². The zero-order valence-corrected chi connectivity index (χ0v) is 13.1. The van der Waals surface area contributed by atoms with Crippen molar-refractivity contribution in [3.05, 3.63) is 46.6 Å². The van der Waals surface area contributed by atoms with Crippen molar-refractivity contribution in [1.29, 1.82) is 0 Å². The lowest BCUT2D eigenvalue weighted by atomic mass is 10.2. The number of carbonyl (C=O) groups excluding carboxylic acids is 1. The number of furan rings is 1. The molecule has 20 heavy (non-hydrogen) atoms. The number of rotatable bonds is 5. The van der Waals surface area contributed by atoms with Crippen molar-refractivity contribution in [3.63, 3.8) is 0 Å². The van der Waals surface area contributed by atoms with Gasteiger partial charge in [0.1, 0.15) is 11.5 Å². The number of carbonyl (C=O) groups is 1. The van der Waals surface area contributed by atoms with Crippen LogP contribution in [-0.4, -0.2) is 23.9 Å². The SMILES string of the molecule is C[C@H](C(N)=O)N(C)Cc1ccc(-c2ccc(Br)cc2)o1. The maximum atomic E-state index is 11.1. The molecule has 0 radical (unpaired) electrons. The van der Waals surface area contributed by atoms with E-state index in [0.717, 1.165) is 21.6 Å². The molecule has 1 aromatic heterocycles. The smallest absolute Gasteiger partial charge is 0.234 e. The van der Waals surface area contributed by atoms with Crippen molar-refractivity contribution in [2.45, 2.75) is 19.5 Å². The van der Waals surface area contributed by atoms with Crippen molar-refractivity contribution < 1.29 is 9.21 Å². The molecule has 1 heterocycles. The number of amides is 1. The van der Waals surface area contributed by atoms with Crippen LogP contribution in [0.1, 0.15) is 12.7 Å². The molecule has 0 bridgehead atoms. The van der Waals surface area contributed by atoms with Crippen LogP contribution in [0.3, 0.4) is 0 Å². The highest BCUT2D eigenvalue weighted by Gasteiger charge is 2.16. The van der Waals surface area contributed by atoms with Crippen molar-refractivity contribution in [3.8, 4) is 11.3 Å². The van der Waals surface area contributed by atoms with E-state index in [2.05, 4.69) is 15.9 Å². The maximum Gasteiger partial charge on any atom is 0.234 e. The second-order valence-electron chi connectivity index (χ2n) is 4.77. The van der Waals surface area contributed by atoms with E-state index in [1.807, 2.05) is 48.3 Å². The highest BCUT2D eigenvalue weighted by molar-refractivity contribution is 9.10. The second kappa shape index (κ2) is 6.24. The van der Waals surface area contributed by atoms with Crippen LogP contribution >= 0.6 is 15.9 Å². The van der Waals surface area contributed by atoms with Gasteiger partial charge in [-0.2, -0.15) is 0 Å². The van der Waals surface area contributed by atoms with Gasteiger partial charge in [-0.25, -0.2) is 0 Å². The Labute approximate surface area is 126 Å². The van der Waals surface area contributed by atoms with E-state index in [4.69, 9.17) is 10.2 Å². The molecular formula is C15H17BrN2O2. The Morgan fingerprint density at radius 3 is 2.55 bits per heavy atom. The summed E-state index contributed by atoms with van der Waals surface area (Å²) in [6.07, 6.45) is 0. The minimum Gasteiger partial charge on any atom is -0.460 e. The number of likely N-dealkylation sites (N-methyl/N-ethyl adjacent to an activating group) is 1. The summed E-state index contributed by atoms with van der Waals surface area (Å²) in [5.41, 5.74) is 6.30. The third-order valence-corrected chi connectivity index (χ3v) is 3.80. The van der Waals surface area contributed by atoms with Crippen LogP contribution in [0.2, 0.25) is 0 Å². The summed E-state index contributed by atoms with van der Waals surface area (Å²) in [7, 11) is 1.84. The summed E-state index contributed by atoms with van der Waals surface area (Å²) in [5.74, 6) is 1.28. The molecule has 106 valence electrons. The van der Waals surface area contributed by atoms with Crippen LogP contribution in [0.4, 0.5) is 0 Å². The Balaban J connectivity index is 2.09. The molecule has 5 heteroatoms. The third kappa shape index (κ3) is 3.49. The zero-order chi connectivity index (χ0) is 14.7. The summed E-state index contributed by atoms with van der Waals surface area (Å²) >= 11 is 3.40. The summed E-state index contributed by atoms with van der Waals surface area (Å²) in [5, 5.41) is 0. The molecule has 1 amide bonds. The van der Waals surface area contributed by atoms with Gasteiger partial charge >= 0.3 is 0 Å². The van der Waals surface area contributed by atoms with Gasteiger partial charge in [-0.05, 0) is 38.2 Å². The first-order valence-electron chi connectivity index (χ1n) is 6.31. The molecule has 0 aliphatic carbocycles. The van der Waals surface area contributed by atoms with Gasteiger partial charge in [-0.3, -0.25) is 9.69 Å². The zero-order valence-electron chi connectivity index (χ0n) is 11.5. The summed E-state index contributed by atoms with van der Waals surface area (Å²) in [6, 6.07) is 11.4. The Kier molecular flexibility index (Phi) is 4.62. The lowest BCUT2D eigenvalue weighted by Gasteiger charge is -2.20. The lowest BCUT2D eigenvalue weighted by molar-refractivity contribution is -0.122. The fourth-order valence-corrected chi connectivity index (χ4v) is 2.10. The number of benzene rings is 1. The van der Waals surface area contributed by atoms with Crippen molar-refractivity contribution in [2.24, 2.45) is 5.73 Å². The number of nitrogens with zero attached hydrogens (tertiary/aromatic N) is 1. The number of hydrogen-bond acceptors (Lipinski definition) is 3. The molecule has 4 nitrogen and oxygen atoms in total. The van der Waals surface area contributed by atoms with Crippen LogP contribution < -0.4 is 5.73 Å². The molecule has 0 aliphatic heterocycles. The van der Waals surface area contributed by atoms with E-state index in [9.17, 15) is 4.79 Å². The number of primary amides is 1. The molecule has 0 fully saturated rings. The lowest BCUT2D eigenvalue weighted by Crippen LogP contribution is -2.39. The Morgan fingerprint density at radius 2 is 1.95 bits per heavy atom. The van der Waals surface area contributed by atoms with E-state index in [1.165, 1.54) is 0 Å². The molecule has 1 atom stereocenters. The summed E-state index contributed by atoms with van der Waals surface area (Å²) in [6.45, 7) is 2.32. The number of halogens is 1. The van der Waals surface area contributed by atoms with Gasteiger partial charge in [0.15, 0.2) is 0 Å². The molecule has 2 aromatic rings. The first-order valence-corrected chi connectivity index (χ1v) is 7.11. The molecule has 0 saturated carbocycles. The second-order valence-corrected chi connectivity index (χ2v) is 5.68.